The second kappa shape index (κ2) is 7.23. The molecule has 0 aromatic heterocycles. The summed E-state index contributed by atoms with van der Waals surface area (Å²) in [7, 11) is 0. The Balaban J connectivity index is 4.04. The Morgan fingerprint density at radius 3 is 2.47 bits per heavy atom. The van der Waals surface area contributed by atoms with Gasteiger partial charge in [0.25, 0.3) is 0 Å². The Kier molecular flexibility index (Phi) is 6.70. The smallest absolute Gasteiger partial charge is 0.308 e. The highest BCUT2D eigenvalue weighted by Gasteiger charge is 2.17. The maximum absolute atomic E-state index is 11.2. The van der Waals surface area contributed by atoms with Gasteiger partial charge in [0.15, 0.2) is 0 Å². The molecule has 5 heteroatoms. The van der Waals surface area contributed by atoms with Gasteiger partial charge in [0.1, 0.15) is 0 Å². The van der Waals surface area contributed by atoms with Crippen LogP contribution in [0.1, 0.15) is 20.8 Å². The van der Waals surface area contributed by atoms with Gasteiger partial charge in [0.05, 0.1) is 12.5 Å². The summed E-state index contributed by atoms with van der Waals surface area (Å²) in [5.74, 6) is -1.56. The average Bonchev–Trinajstić information content (AvgIpc) is 2.15. The van der Waals surface area contributed by atoms with Crippen molar-refractivity contribution in [1.82, 2.24) is 4.90 Å². The van der Waals surface area contributed by atoms with Gasteiger partial charge in [0, 0.05) is 26.6 Å². The van der Waals surface area contributed by atoms with E-state index in [1.807, 2.05) is 6.92 Å². The molecule has 1 N–H and O–H groups in total. The SMILES string of the molecule is CCOCCN(CC(C)C(=O)O)C(C)=O. The molecule has 0 saturated carbocycles. The van der Waals surface area contributed by atoms with Gasteiger partial charge in [-0.05, 0) is 6.92 Å². The van der Waals surface area contributed by atoms with E-state index in [9.17, 15) is 9.59 Å². The van der Waals surface area contributed by atoms with Gasteiger partial charge in [-0.15, -0.1) is 0 Å². The maximum atomic E-state index is 11.2. The van der Waals surface area contributed by atoms with Crippen molar-refractivity contribution < 1.29 is 19.4 Å². The van der Waals surface area contributed by atoms with Crippen molar-refractivity contribution in [3.63, 3.8) is 0 Å². The molecule has 0 aromatic rings. The molecule has 0 saturated heterocycles. The molecule has 0 aromatic carbocycles. The van der Waals surface area contributed by atoms with Crippen LogP contribution in [0.4, 0.5) is 0 Å². The topological polar surface area (TPSA) is 66.8 Å². The van der Waals surface area contributed by atoms with Gasteiger partial charge in [-0.2, -0.15) is 0 Å². The quantitative estimate of drug-likeness (QED) is 0.634. The Hall–Kier alpha value is -1.10. The zero-order valence-electron chi connectivity index (χ0n) is 9.52. The Morgan fingerprint density at radius 1 is 1.47 bits per heavy atom. The lowest BCUT2D eigenvalue weighted by Crippen LogP contribution is -2.37. The van der Waals surface area contributed by atoms with Crippen LogP contribution >= 0.6 is 0 Å². The third kappa shape index (κ3) is 6.06. The molecule has 0 aliphatic heterocycles. The molecule has 0 fully saturated rings. The number of carbonyl (C=O) groups is 2. The summed E-state index contributed by atoms with van der Waals surface area (Å²) in [6, 6.07) is 0. The fourth-order valence-corrected chi connectivity index (χ4v) is 1.11. The van der Waals surface area contributed by atoms with Crippen molar-refractivity contribution in [2.24, 2.45) is 5.92 Å². The van der Waals surface area contributed by atoms with Gasteiger partial charge in [0.2, 0.25) is 5.91 Å². The third-order valence-electron chi connectivity index (χ3n) is 2.07. The zero-order chi connectivity index (χ0) is 11.8. The molecule has 0 spiro atoms. The van der Waals surface area contributed by atoms with Crippen LogP contribution in [0.2, 0.25) is 0 Å². The van der Waals surface area contributed by atoms with Gasteiger partial charge in [-0.1, -0.05) is 6.92 Å². The molecular formula is C10H19NO4. The molecule has 88 valence electrons. The van der Waals surface area contributed by atoms with Gasteiger partial charge in [-0.25, -0.2) is 0 Å². The highest BCUT2D eigenvalue weighted by molar-refractivity contribution is 5.75. The molecule has 1 unspecified atom stereocenters. The zero-order valence-corrected chi connectivity index (χ0v) is 9.52. The fraction of sp³-hybridized carbons (Fsp3) is 0.800. The van der Waals surface area contributed by atoms with Gasteiger partial charge >= 0.3 is 5.97 Å². The molecular weight excluding hydrogens is 198 g/mol. The maximum Gasteiger partial charge on any atom is 0.308 e. The predicted molar refractivity (Wildman–Crippen MR) is 55.5 cm³/mol. The number of amides is 1. The number of carboxylic acids is 1. The number of aliphatic carboxylic acids is 1. The molecule has 0 heterocycles. The van der Waals surface area contributed by atoms with Crippen molar-refractivity contribution in [1.29, 1.82) is 0 Å². The molecule has 1 atom stereocenters. The van der Waals surface area contributed by atoms with Crippen LogP contribution in [0.3, 0.4) is 0 Å². The van der Waals surface area contributed by atoms with E-state index in [-0.39, 0.29) is 12.5 Å². The van der Waals surface area contributed by atoms with Crippen LogP contribution in [-0.2, 0) is 14.3 Å². The number of nitrogens with zero attached hydrogens (tertiary/aromatic N) is 1. The van der Waals surface area contributed by atoms with Crippen LogP contribution < -0.4 is 0 Å². The highest BCUT2D eigenvalue weighted by Crippen LogP contribution is 2.00. The molecule has 0 rings (SSSR count). The third-order valence-corrected chi connectivity index (χ3v) is 2.07. The lowest BCUT2D eigenvalue weighted by Gasteiger charge is -2.22. The van der Waals surface area contributed by atoms with Gasteiger partial charge < -0.3 is 14.7 Å². The number of carbonyl (C=O) groups excluding carboxylic acids is 1. The largest absolute Gasteiger partial charge is 0.481 e. The van der Waals surface area contributed by atoms with E-state index in [2.05, 4.69) is 0 Å². The van der Waals surface area contributed by atoms with Crippen molar-refractivity contribution >= 4 is 11.9 Å². The van der Waals surface area contributed by atoms with Crippen molar-refractivity contribution in [3.05, 3.63) is 0 Å². The molecule has 0 bridgehead atoms. The summed E-state index contributed by atoms with van der Waals surface area (Å²) >= 11 is 0. The highest BCUT2D eigenvalue weighted by atomic mass is 16.5. The number of rotatable bonds is 7. The molecule has 15 heavy (non-hydrogen) atoms. The minimum atomic E-state index is -0.891. The number of hydrogen-bond acceptors (Lipinski definition) is 3. The molecule has 0 aliphatic carbocycles. The van der Waals surface area contributed by atoms with Crippen LogP contribution in [-0.4, -0.2) is 48.2 Å². The van der Waals surface area contributed by atoms with Crippen LogP contribution in [0.5, 0.6) is 0 Å². The van der Waals surface area contributed by atoms with E-state index in [4.69, 9.17) is 9.84 Å². The number of ether oxygens (including phenoxy) is 1. The van der Waals surface area contributed by atoms with Crippen molar-refractivity contribution in [3.8, 4) is 0 Å². The van der Waals surface area contributed by atoms with Crippen molar-refractivity contribution in [2.75, 3.05) is 26.3 Å². The summed E-state index contributed by atoms with van der Waals surface area (Å²) < 4.78 is 5.11. The lowest BCUT2D eigenvalue weighted by atomic mass is 10.1. The van der Waals surface area contributed by atoms with Gasteiger partial charge in [-0.3, -0.25) is 9.59 Å². The summed E-state index contributed by atoms with van der Waals surface area (Å²) in [4.78, 5) is 23.3. The van der Waals surface area contributed by atoms with E-state index in [1.54, 1.807) is 6.92 Å². The summed E-state index contributed by atoms with van der Waals surface area (Å²) in [6.45, 7) is 6.61. The van der Waals surface area contributed by atoms with E-state index < -0.39 is 11.9 Å². The normalized spacial score (nSPS) is 12.2. The predicted octanol–water partition coefficient (Wildman–Crippen LogP) is 0.592. The van der Waals surface area contributed by atoms with E-state index >= 15 is 0 Å². The summed E-state index contributed by atoms with van der Waals surface area (Å²) in [5.41, 5.74) is 0. The van der Waals surface area contributed by atoms with E-state index in [0.717, 1.165) is 0 Å². The molecule has 1 amide bonds. The minimum absolute atomic E-state index is 0.122. The van der Waals surface area contributed by atoms with Crippen molar-refractivity contribution in [2.45, 2.75) is 20.8 Å². The molecule has 0 aliphatic rings. The number of carboxylic acid groups (broad SMARTS) is 1. The summed E-state index contributed by atoms with van der Waals surface area (Å²) in [5, 5.41) is 8.72. The van der Waals surface area contributed by atoms with E-state index in [0.29, 0.717) is 19.8 Å². The first-order chi connectivity index (χ1) is 6.99. The monoisotopic (exact) mass is 217 g/mol. The molecule has 5 nitrogen and oxygen atoms in total. The first kappa shape index (κ1) is 13.9. The first-order valence-corrected chi connectivity index (χ1v) is 5.05. The minimum Gasteiger partial charge on any atom is -0.481 e. The van der Waals surface area contributed by atoms with Crippen LogP contribution in [0, 0.1) is 5.92 Å². The van der Waals surface area contributed by atoms with Crippen LogP contribution in [0.15, 0.2) is 0 Å². The second-order valence-electron chi connectivity index (χ2n) is 3.40. The summed E-state index contributed by atoms with van der Waals surface area (Å²) in [6.07, 6.45) is 0. The Morgan fingerprint density at radius 2 is 2.07 bits per heavy atom. The van der Waals surface area contributed by atoms with Crippen LogP contribution in [0.25, 0.3) is 0 Å². The standard InChI is InChI=1S/C10H19NO4/c1-4-15-6-5-11(9(3)12)7-8(2)10(13)14/h8H,4-7H2,1-3H3,(H,13,14). The Bertz CT molecular complexity index is 217. The average molecular weight is 217 g/mol. The Labute approximate surface area is 90.0 Å². The van der Waals surface area contributed by atoms with E-state index in [1.165, 1.54) is 11.8 Å². The second-order valence-corrected chi connectivity index (χ2v) is 3.40. The first-order valence-electron chi connectivity index (χ1n) is 5.05. The molecule has 0 radical (unpaired) electrons. The fourth-order valence-electron chi connectivity index (χ4n) is 1.11. The number of hydrogen-bond donors (Lipinski definition) is 1. The lowest BCUT2D eigenvalue weighted by molar-refractivity contribution is -0.143.